The number of rotatable bonds is 5. The number of ether oxygens (including phenoxy) is 2. The van der Waals surface area contributed by atoms with Crippen LogP contribution in [0.25, 0.3) is 0 Å². The lowest BCUT2D eigenvalue weighted by Gasteiger charge is -2.19. The van der Waals surface area contributed by atoms with Crippen LogP contribution in [0, 0.1) is 5.82 Å². The third-order valence-corrected chi connectivity index (χ3v) is 3.12. The number of nitrogens with one attached hydrogen (secondary N) is 1. The van der Waals surface area contributed by atoms with Gasteiger partial charge in [0.1, 0.15) is 5.82 Å². The minimum absolute atomic E-state index is 0.315. The first-order valence-electron chi connectivity index (χ1n) is 6.13. The molecule has 20 heavy (non-hydrogen) atoms. The van der Waals surface area contributed by atoms with Crippen molar-refractivity contribution >= 4 is 0 Å². The van der Waals surface area contributed by atoms with E-state index in [4.69, 9.17) is 15.3 Å². The van der Waals surface area contributed by atoms with Gasteiger partial charge in [-0.2, -0.15) is 0 Å². The smallest absolute Gasteiger partial charge is 0.161 e. The lowest BCUT2D eigenvalue weighted by Crippen LogP contribution is -2.29. The maximum atomic E-state index is 13.9. The second kappa shape index (κ2) is 6.36. The Morgan fingerprint density at radius 2 is 1.75 bits per heavy atom. The molecule has 0 heterocycles. The molecule has 4 nitrogen and oxygen atoms in total. The quantitative estimate of drug-likeness (QED) is 0.650. The van der Waals surface area contributed by atoms with Gasteiger partial charge in [-0.3, -0.25) is 5.84 Å². The number of benzene rings is 2. The normalized spacial score (nSPS) is 12.0. The van der Waals surface area contributed by atoms with Crippen LogP contribution in [0.2, 0.25) is 0 Å². The topological polar surface area (TPSA) is 56.5 Å². The fourth-order valence-electron chi connectivity index (χ4n) is 2.11. The summed E-state index contributed by atoms with van der Waals surface area (Å²) in [7, 11) is 3.11. The molecule has 3 N–H and O–H groups in total. The fraction of sp³-hybridized carbons (Fsp3) is 0.200. The van der Waals surface area contributed by atoms with E-state index in [1.165, 1.54) is 6.07 Å². The largest absolute Gasteiger partial charge is 0.493 e. The summed E-state index contributed by atoms with van der Waals surface area (Å²) >= 11 is 0. The minimum Gasteiger partial charge on any atom is -0.493 e. The zero-order valence-corrected chi connectivity index (χ0v) is 11.4. The zero-order valence-electron chi connectivity index (χ0n) is 11.4. The molecule has 0 aliphatic carbocycles. The average molecular weight is 276 g/mol. The van der Waals surface area contributed by atoms with Gasteiger partial charge in [-0.05, 0) is 23.8 Å². The van der Waals surface area contributed by atoms with Crippen molar-refractivity contribution in [3.63, 3.8) is 0 Å². The van der Waals surface area contributed by atoms with Crippen LogP contribution in [-0.2, 0) is 0 Å². The second-order valence-electron chi connectivity index (χ2n) is 4.24. The molecule has 0 saturated heterocycles. The predicted molar refractivity (Wildman–Crippen MR) is 75.1 cm³/mol. The lowest BCUT2D eigenvalue weighted by molar-refractivity contribution is 0.354. The molecule has 1 unspecified atom stereocenters. The summed E-state index contributed by atoms with van der Waals surface area (Å²) < 4.78 is 24.3. The minimum atomic E-state index is -0.462. The third-order valence-electron chi connectivity index (χ3n) is 3.12. The highest BCUT2D eigenvalue weighted by molar-refractivity contribution is 5.46. The summed E-state index contributed by atoms with van der Waals surface area (Å²) in [5, 5.41) is 0. The van der Waals surface area contributed by atoms with E-state index in [1.807, 2.05) is 6.07 Å². The van der Waals surface area contributed by atoms with Crippen molar-refractivity contribution in [3.8, 4) is 11.5 Å². The molecule has 0 aromatic heterocycles. The van der Waals surface area contributed by atoms with E-state index in [0.29, 0.717) is 17.1 Å². The number of methoxy groups -OCH3 is 2. The first-order valence-corrected chi connectivity index (χ1v) is 6.13. The van der Waals surface area contributed by atoms with E-state index in [-0.39, 0.29) is 5.82 Å². The van der Waals surface area contributed by atoms with Crippen molar-refractivity contribution in [1.29, 1.82) is 0 Å². The van der Waals surface area contributed by atoms with Gasteiger partial charge in [0.25, 0.3) is 0 Å². The molecule has 2 aromatic carbocycles. The molecule has 0 spiro atoms. The first-order chi connectivity index (χ1) is 9.71. The van der Waals surface area contributed by atoms with E-state index >= 15 is 0 Å². The zero-order chi connectivity index (χ0) is 14.5. The molecule has 5 heteroatoms. The highest BCUT2D eigenvalue weighted by Gasteiger charge is 2.18. The molecule has 0 saturated carbocycles. The first kappa shape index (κ1) is 14.3. The van der Waals surface area contributed by atoms with Crippen LogP contribution in [0.4, 0.5) is 4.39 Å². The summed E-state index contributed by atoms with van der Waals surface area (Å²) in [5.74, 6) is 6.45. The number of hydrazine groups is 1. The average Bonchev–Trinajstić information content (AvgIpc) is 2.49. The molecule has 0 amide bonds. The van der Waals surface area contributed by atoms with Crippen molar-refractivity contribution in [2.45, 2.75) is 6.04 Å². The molecule has 106 valence electrons. The van der Waals surface area contributed by atoms with Gasteiger partial charge in [-0.1, -0.05) is 24.3 Å². The fourth-order valence-corrected chi connectivity index (χ4v) is 2.11. The molecule has 2 aromatic rings. The van der Waals surface area contributed by atoms with Gasteiger partial charge >= 0.3 is 0 Å². The Hall–Kier alpha value is -2.11. The number of hydrogen-bond donors (Lipinski definition) is 2. The van der Waals surface area contributed by atoms with E-state index in [2.05, 4.69) is 5.43 Å². The molecule has 0 radical (unpaired) electrons. The Bertz CT molecular complexity index is 590. The lowest BCUT2D eigenvalue weighted by atomic mass is 9.98. The standard InChI is InChI=1S/C15H17FN2O2/c1-19-13-8-7-10(9-14(13)20-2)15(18-17)11-5-3-4-6-12(11)16/h3-9,15,18H,17H2,1-2H3. The number of hydrogen-bond acceptors (Lipinski definition) is 4. The Morgan fingerprint density at radius 3 is 2.35 bits per heavy atom. The van der Waals surface area contributed by atoms with Gasteiger partial charge < -0.3 is 9.47 Å². The maximum Gasteiger partial charge on any atom is 0.161 e. The van der Waals surface area contributed by atoms with Gasteiger partial charge in [0.2, 0.25) is 0 Å². The Labute approximate surface area is 117 Å². The Balaban J connectivity index is 2.45. The van der Waals surface area contributed by atoms with Crippen molar-refractivity contribution < 1.29 is 13.9 Å². The summed E-state index contributed by atoms with van der Waals surface area (Å²) in [4.78, 5) is 0. The van der Waals surface area contributed by atoms with Crippen LogP contribution in [0.3, 0.4) is 0 Å². The Morgan fingerprint density at radius 1 is 1.05 bits per heavy atom. The SMILES string of the molecule is COc1ccc(C(NN)c2ccccc2F)cc1OC. The summed E-state index contributed by atoms with van der Waals surface area (Å²) in [6, 6.07) is 11.4. The Kier molecular flexibility index (Phi) is 4.55. The molecule has 1 atom stereocenters. The van der Waals surface area contributed by atoms with E-state index in [1.54, 1.807) is 44.6 Å². The van der Waals surface area contributed by atoms with E-state index in [9.17, 15) is 4.39 Å². The monoisotopic (exact) mass is 276 g/mol. The van der Waals surface area contributed by atoms with Crippen LogP contribution in [0.5, 0.6) is 11.5 Å². The third kappa shape index (κ3) is 2.74. The molecule has 0 bridgehead atoms. The molecule has 0 aliphatic heterocycles. The van der Waals surface area contributed by atoms with Gasteiger partial charge in [-0.25, -0.2) is 9.82 Å². The van der Waals surface area contributed by atoms with Crippen molar-refractivity contribution in [1.82, 2.24) is 5.43 Å². The highest BCUT2D eigenvalue weighted by Crippen LogP contribution is 2.32. The molecular weight excluding hydrogens is 259 g/mol. The van der Waals surface area contributed by atoms with Crippen molar-refractivity contribution in [3.05, 3.63) is 59.4 Å². The molecular formula is C15H17FN2O2. The van der Waals surface area contributed by atoms with Gasteiger partial charge in [0.15, 0.2) is 11.5 Å². The molecule has 0 fully saturated rings. The van der Waals surface area contributed by atoms with Crippen LogP contribution in [0.1, 0.15) is 17.2 Å². The van der Waals surface area contributed by atoms with Crippen molar-refractivity contribution in [2.24, 2.45) is 5.84 Å². The predicted octanol–water partition coefficient (Wildman–Crippen LogP) is 2.40. The summed E-state index contributed by atoms with van der Waals surface area (Å²) in [6.07, 6.45) is 0. The van der Waals surface area contributed by atoms with Crippen LogP contribution in [-0.4, -0.2) is 14.2 Å². The number of halogens is 1. The van der Waals surface area contributed by atoms with Crippen LogP contribution in [0.15, 0.2) is 42.5 Å². The second-order valence-corrected chi connectivity index (χ2v) is 4.24. The van der Waals surface area contributed by atoms with Crippen molar-refractivity contribution in [2.75, 3.05) is 14.2 Å². The summed E-state index contributed by atoms with van der Waals surface area (Å²) in [6.45, 7) is 0. The van der Waals surface area contributed by atoms with Crippen LogP contribution >= 0.6 is 0 Å². The van der Waals surface area contributed by atoms with Gasteiger partial charge in [0, 0.05) is 5.56 Å². The molecule has 0 aliphatic rings. The van der Waals surface area contributed by atoms with Gasteiger partial charge in [0.05, 0.1) is 20.3 Å². The summed E-state index contributed by atoms with van der Waals surface area (Å²) in [5.41, 5.74) is 3.89. The maximum absolute atomic E-state index is 13.9. The van der Waals surface area contributed by atoms with Crippen LogP contribution < -0.4 is 20.7 Å². The van der Waals surface area contributed by atoms with Gasteiger partial charge in [-0.15, -0.1) is 0 Å². The number of nitrogens with two attached hydrogens (primary N) is 1. The highest BCUT2D eigenvalue weighted by atomic mass is 19.1. The molecule has 2 rings (SSSR count). The van der Waals surface area contributed by atoms with E-state index in [0.717, 1.165) is 5.56 Å². The van der Waals surface area contributed by atoms with E-state index < -0.39 is 6.04 Å².